The van der Waals surface area contributed by atoms with Crippen LogP contribution < -0.4 is 10.2 Å². The van der Waals surface area contributed by atoms with Crippen LogP contribution in [0.4, 0.5) is 17.1 Å². The van der Waals surface area contributed by atoms with E-state index in [1.165, 1.54) is 21.6 Å². The van der Waals surface area contributed by atoms with Gasteiger partial charge in [0.15, 0.2) is 0 Å². The predicted octanol–water partition coefficient (Wildman–Crippen LogP) is 8.68. The first-order chi connectivity index (χ1) is 21.4. The molecule has 0 radical (unpaired) electrons. The second-order valence-corrected chi connectivity index (χ2v) is 12.4. The smallest absolute Gasteiger partial charge is 0.238 e. The molecule has 0 spiro atoms. The molecule has 7 heteroatoms. The fourth-order valence-electron chi connectivity index (χ4n) is 7.17. The number of carbonyl (C=O) groups excluding carboxylic acids is 2. The molecule has 3 aromatic rings. The molecular weight excluding hydrogens is 572 g/mol. The number of nitrogens with one attached hydrogen (secondary N) is 1. The Morgan fingerprint density at radius 1 is 1.00 bits per heavy atom. The maximum Gasteiger partial charge on any atom is 0.238 e. The molecule has 2 heterocycles. The summed E-state index contributed by atoms with van der Waals surface area (Å²) in [6, 6.07) is 22.5. The van der Waals surface area contributed by atoms with Gasteiger partial charge in [-0.15, -0.1) is 0 Å². The number of halogens is 1. The highest BCUT2D eigenvalue weighted by Crippen LogP contribution is 2.51. The standard InChI is InChI=1S/C37H39ClN2O4/c1-3-8-25-20-30-35(37(43)40(36(30)42)28-15-13-27(14-16-28)39-26-9-6-5-7-10-26)31-22-44-33(34(25)31)18-11-23(4-2)19-24-12-17-29(41)21-32(24)38/h5-7,9-10,12-17,19,21,30-31,33,35,39,41H,3-4,8,11,18,20,22H2,1-2H3/b23-19+/t30-,31+,33-,35-/m1/s1. The van der Waals surface area contributed by atoms with Gasteiger partial charge in [0.2, 0.25) is 11.8 Å². The zero-order valence-electron chi connectivity index (χ0n) is 25.3. The maximum atomic E-state index is 14.0. The monoisotopic (exact) mass is 610 g/mol. The van der Waals surface area contributed by atoms with Crippen LogP contribution >= 0.6 is 11.6 Å². The number of phenols is 1. The summed E-state index contributed by atoms with van der Waals surface area (Å²) in [7, 11) is 0. The molecule has 3 aromatic carbocycles. The van der Waals surface area contributed by atoms with Gasteiger partial charge < -0.3 is 15.2 Å². The lowest BCUT2D eigenvalue weighted by atomic mass is 9.68. The van der Waals surface area contributed by atoms with Crippen molar-refractivity contribution in [1.29, 1.82) is 0 Å². The van der Waals surface area contributed by atoms with E-state index in [1.54, 1.807) is 12.1 Å². The van der Waals surface area contributed by atoms with Crippen LogP contribution in [0.2, 0.25) is 5.02 Å². The minimum atomic E-state index is -0.387. The van der Waals surface area contributed by atoms with Crippen molar-refractivity contribution >= 4 is 46.6 Å². The second kappa shape index (κ2) is 13.0. The van der Waals surface area contributed by atoms with Crippen molar-refractivity contribution < 1.29 is 19.4 Å². The molecular formula is C37H39ClN2O4. The van der Waals surface area contributed by atoms with Gasteiger partial charge in [0, 0.05) is 17.3 Å². The van der Waals surface area contributed by atoms with E-state index < -0.39 is 0 Å². The lowest BCUT2D eigenvalue weighted by molar-refractivity contribution is -0.122. The van der Waals surface area contributed by atoms with Crippen molar-refractivity contribution in [1.82, 2.24) is 0 Å². The van der Waals surface area contributed by atoms with Gasteiger partial charge in [-0.25, -0.2) is 0 Å². The number of rotatable bonds is 10. The Hall–Kier alpha value is -3.87. The molecule has 0 saturated carbocycles. The summed E-state index contributed by atoms with van der Waals surface area (Å²) in [6.45, 7) is 4.76. The molecule has 0 unspecified atom stereocenters. The van der Waals surface area contributed by atoms with Gasteiger partial charge in [0.1, 0.15) is 5.75 Å². The number of ether oxygens (including phenoxy) is 1. The van der Waals surface area contributed by atoms with Gasteiger partial charge in [-0.3, -0.25) is 14.5 Å². The molecule has 228 valence electrons. The number of amides is 2. The molecule has 0 aromatic heterocycles. The molecule has 2 aliphatic heterocycles. The van der Waals surface area contributed by atoms with E-state index in [1.807, 2.05) is 60.7 Å². The van der Waals surface area contributed by atoms with E-state index in [0.717, 1.165) is 49.0 Å². The number of anilines is 3. The highest BCUT2D eigenvalue weighted by Gasteiger charge is 2.57. The Bertz CT molecular complexity index is 1600. The summed E-state index contributed by atoms with van der Waals surface area (Å²) in [5.74, 6) is -0.852. The predicted molar refractivity (Wildman–Crippen MR) is 176 cm³/mol. The molecule has 2 fully saturated rings. The average Bonchev–Trinajstić information content (AvgIpc) is 3.55. The highest BCUT2D eigenvalue weighted by atomic mass is 35.5. The molecule has 1 aliphatic carbocycles. The van der Waals surface area contributed by atoms with Crippen molar-refractivity contribution in [3.05, 3.63) is 100 Å². The molecule has 6 rings (SSSR count). The summed E-state index contributed by atoms with van der Waals surface area (Å²) in [5, 5.41) is 13.6. The third-order valence-corrected chi connectivity index (χ3v) is 9.60. The lowest BCUT2D eigenvalue weighted by Crippen LogP contribution is -2.34. The fraction of sp³-hybridized carbons (Fsp3) is 0.351. The zero-order chi connectivity index (χ0) is 30.8. The van der Waals surface area contributed by atoms with Crippen LogP contribution in [0, 0.1) is 17.8 Å². The molecule has 2 saturated heterocycles. The van der Waals surface area contributed by atoms with Crippen molar-refractivity contribution in [2.75, 3.05) is 16.8 Å². The van der Waals surface area contributed by atoms with Gasteiger partial charge >= 0.3 is 0 Å². The summed E-state index contributed by atoms with van der Waals surface area (Å²) < 4.78 is 6.43. The number of phenolic OH excluding ortho intramolecular Hbond substituents is 1. The second-order valence-electron chi connectivity index (χ2n) is 12.0. The largest absolute Gasteiger partial charge is 0.508 e. The number of aromatic hydroxyl groups is 1. The third kappa shape index (κ3) is 5.93. The molecule has 44 heavy (non-hydrogen) atoms. The van der Waals surface area contributed by atoms with E-state index in [0.29, 0.717) is 23.7 Å². The topological polar surface area (TPSA) is 78.9 Å². The number of carbonyl (C=O) groups is 2. The Balaban J connectivity index is 1.20. The Labute approximate surface area is 264 Å². The van der Waals surface area contributed by atoms with Crippen molar-refractivity contribution in [3.8, 4) is 5.75 Å². The molecule has 2 N–H and O–H groups in total. The number of allylic oxidation sites excluding steroid dienone is 2. The number of imide groups is 1. The Kier molecular flexibility index (Phi) is 8.92. The van der Waals surface area contributed by atoms with E-state index in [2.05, 4.69) is 25.2 Å². The number of para-hydroxylation sites is 1. The molecule has 0 bridgehead atoms. The summed E-state index contributed by atoms with van der Waals surface area (Å²) in [6.07, 6.45) is 7.08. The SMILES string of the molecule is CCCC1=C2[C@@H](CC/C(=C/c3ccc(O)cc3Cl)CC)OC[C@@H]2[C@@H]2C(=O)N(c3ccc(Nc4ccccc4)cc3)C(=O)[C@@H]2C1. The van der Waals surface area contributed by atoms with E-state index in [-0.39, 0.29) is 41.4 Å². The maximum absolute atomic E-state index is 14.0. The number of benzene rings is 3. The van der Waals surface area contributed by atoms with Crippen molar-refractivity contribution in [3.63, 3.8) is 0 Å². The van der Waals surface area contributed by atoms with Gasteiger partial charge in [0.25, 0.3) is 0 Å². The fourth-order valence-corrected chi connectivity index (χ4v) is 7.40. The van der Waals surface area contributed by atoms with E-state index in [9.17, 15) is 14.7 Å². The average molecular weight is 611 g/mol. The molecule has 6 nitrogen and oxygen atoms in total. The Morgan fingerprint density at radius 2 is 1.75 bits per heavy atom. The number of nitrogens with zero attached hydrogens (tertiary/aromatic N) is 1. The van der Waals surface area contributed by atoms with Crippen LogP contribution in [0.15, 0.2) is 89.5 Å². The zero-order valence-corrected chi connectivity index (χ0v) is 26.0. The van der Waals surface area contributed by atoms with Crippen molar-refractivity contribution in [2.24, 2.45) is 17.8 Å². The van der Waals surface area contributed by atoms with Crippen LogP contribution in [0.5, 0.6) is 5.75 Å². The van der Waals surface area contributed by atoms with Gasteiger partial charge in [-0.2, -0.15) is 0 Å². The number of fused-ring (bicyclic) bond motifs is 3. The first-order valence-corrected chi connectivity index (χ1v) is 16.1. The first kappa shape index (κ1) is 30.2. The molecule has 3 aliphatic rings. The summed E-state index contributed by atoms with van der Waals surface area (Å²) >= 11 is 6.37. The van der Waals surface area contributed by atoms with E-state index in [4.69, 9.17) is 16.3 Å². The third-order valence-electron chi connectivity index (χ3n) is 9.27. The summed E-state index contributed by atoms with van der Waals surface area (Å²) in [4.78, 5) is 29.2. The van der Waals surface area contributed by atoms with Gasteiger partial charge in [-0.05, 0) is 97.8 Å². The lowest BCUT2D eigenvalue weighted by Gasteiger charge is -2.32. The highest BCUT2D eigenvalue weighted by molar-refractivity contribution is 6.32. The minimum Gasteiger partial charge on any atom is -0.508 e. The molecule has 2 amide bonds. The van der Waals surface area contributed by atoms with Crippen LogP contribution in [-0.4, -0.2) is 29.6 Å². The first-order valence-electron chi connectivity index (χ1n) is 15.7. The quantitative estimate of drug-likeness (QED) is 0.177. The molecule has 4 atom stereocenters. The summed E-state index contributed by atoms with van der Waals surface area (Å²) in [5.41, 5.74) is 7.19. The Morgan fingerprint density at radius 3 is 2.45 bits per heavy atom. The van der Waals surface area contributed by atoms with Crippen LogP contribution in [-0.2, 0) is 14.3 Å². The van der Waals surface area contributed by atoms with Crippen LogP contribution in [0.3, 0.4) is 0 Å². The minimum absolute atomic E-state index is 0.0620. The number of hydrogen-bond donors (Lipinski definition) is 2. The van der Waals surface area contributed by atoms with E-state index >= 15 is 0 Å². The van der Waals surface area contributed by atoms with Gasteiger partial charge in [0.05, 0.1) is 35.3 Å². The van der Waals surface area contributed by atoms with Gasteiger partial charge in [-0.1, -0.05) is 67.3 Å². The number of hydrogen-bond acceptors (Lipinski definition) is 5. The van der Waals surface area contributed by atoms with Crippen LogP contribution in [0.25, 0.3) is 6.08 Å². The van der Waals surface area contributed by atoms with Crippen LogP contribution in [0.1, 0.15) is 57.9 Å². The van der Waals surface area contributed by atoms with Crippen molar-refractivity contribution in [2.45, 2.75) is 58.5 Å². The normalized spacial score (nSPS) is 23.2.